The zero-order valence-electron chi connectivity index (χ0n) is 17.0. The second-order valence-corrected chi connectivity index (χ2v) is 7.61. The van der Waals surface area contributed by atoms with Crippen molar-refractivity contribution in [3.63, 3.8) is 0 Å². The first-order chi connectivity index (χ1) is 13.2. The average Bonchev–Trinajstić information content (AvgIpc) is 3.11. The van der Waals surface area contributed by atoms with E-state index in [1.165, 1.54) is 5.56 Å². The molecule has 2 aromatic rings. The molecule has 1 aromatic heterocycles. The lowest BCUT2D eigenvalue weighted by Gasteiger charge is -2.30. The van der Waals surface area contributed by atoms with Crippen LogP contribution in [0, 0.1) is 6.92 Å². The van der Waals surface area contributed by atoms with E-state index in [1.54, 1.807) is 11.3 Å². The minimum atomic E-state index is 0.433. The van der Waals surface area contributed by atoms with Gasteiger partial charge in [0.25, 0.3) is 0 Å². The van der Waals surface area contributed by atoms with E-state index in [0.29, 0.717) is 6.04 Å². The molecule has 27 heavy (non-hydrogen) atoms. The van der Waals surface area contributed by atoms with E-state index in [-0.39, 0.29) is 0 Å². The van der Waals surface area contributed by atoms with E-state index in [0.717, 1.165) is 55.7 Å². The van der Waals surface area contributed by atoms with Gasteiger partial charge in [-0.15, -0.1) is 11.3 Å². The molecular formula is C21H33N5S. The number of aliphatic imine (C=N–C) groups is 1. The number of benzene rings is 1. The fourth-order valence-electron chi connectivity index (χ4n) is 3.22. The Kier molecular flexibility index (Phi) is 9.28. The Morgan fingerprint density at radius 1 is 1.19 bits per heavy atom. The molecule has 2 N–H and O–H groups in total. The van der Waals surface area contributed by atoms with Crippen molar-refractivity contribution in [1.82, 2.24) is 20.5 Å². The number of guanidine groups is 1. The van der Waals surface area contributed by atoms with Crippen LogP contribution in [-0.2, 0) is 12.8 Å². The molecule has 0 spiro atoms. The summed E-state index contributed by atoms with van der Waals surface area (Å²) in [4.78, 5) is 11.4. The van der Waals surface area contributed by atoms with Gasteiger partial charge in [-0.2, -0.15) is 0 Å². The van der Waals surface area contributed by atoms with Crippen molar-refractivity contribution >= 4 is 17.3 Å². The molecule has 0 radical (unpaired) electrons. The second kappa shape index (κ2) is 11.7. The summed E-state index contributed by atoms with van der Waals surface area (Å²) in [7, 11) is 1.83. The van der Waals surface area contributed by atoms with E-state index >= 15 is 0 Å². The minimum Gasteiger partial charge on any atom is -0.356 e. The van der Waals surface area contributed by atoms with Crippen molar-refractivity contribution in [1.29, 1.82) is 0 Å². The van der Waals surface area contributed by atoms with Crippen molar-refractivity contribution in [2.45, 2.75) is 39.7 Å². The predicted octanol–water partition coefficient (Wildman–Crippen LogP) is 3.11. The highest BCUT2D eigenvalue weighted by molar-refractivity contribution is 7.09. The van der Waals surface area contributed by atoms with Gasteiger partial charge in [0, 0.05) is 38.0 Å². The van der Waals surface area contributed by atoms with Crippen LogP contribution >= 0.6 is 11.3 Å². The van der Waals surface area contributed by atoms with Gasteiger partial charge >= 0.3 is 0 Å². The molecule has 0 aliphatic rings. The quantitative estimate of drug-likeness (QED) is 0.486. The van der Waals surface area contributed by atoms with Gasteiger partial charge in [-0.3, -0.25) is 9.89 Å². The average molecular weight is 388 g/mol. The summed E-state index contributed by atoms with van der Waals surface area (Å²) in [6.45, 7) is 10.3. The summed E-state index contributed by atoms with van der Waals surface area (Å²) in [5, 5.41) is 10.2. The predicted molar refractivity (Wildman–Crippen MR) is 117 cm³/mol. The molecule has 0 bridgehead atoms. The summed E-state index contributed by atoms with van der Waals surface area (Å²) in [5.74, 6) is 0.854. The first-order valence-corrected chi connectivity index (χ1v) is 10.7. The molecule has 0 aliphatic heterocycles. The van der Waals surface area contributed by atoms with E-state index in [4.69, 9.17) is 0 Å². The third kappa shape index (κ3) is 7.31. The number of rotatable bonds is 10. The van der Waals surface area contributed by atoms with Crippen LogP contribution in [0.15, 0.2) is 40.7 Å². The number of aryl methyl sites for hydroxylation is 1. The molecule has 1 atom stereocenters. The molecular weight excluding hydrogens is 354 g/mol. The van der Waals surface area contributed by atoms with Crippen molar-refractivity contribution in [3.8, 4) is 0 Å². The third-order valence-electron chi connectivity index (χ3n) is 4.71. The van der Waals surface area contributed by atoms with Gasteiger partial charge in [0.2, 0.25) is 0 Å². The molecule has 1 aromatic carbocycles. The minimum absolute atomic E-state index is 0.433. The Labute approximate surface area is 167 Å². The number of aromatic nitrogens is 1. The van der Waals surface area contributed by atoms with Crippen LogP contribution in [0.2, 0.25) is 0 Å². The molecule has 6 heteroatoms. The number of thiazole rings is 1. The van der Waals surface area contributed by atoms with Gasteiger partial charge in [-0.05, 0) is 32.0 Å². The number of hydrogen-bond donors (Lipinski definition) is 2. The zero-order valence-corrected chi connectivity index (χ0v) is 17.9. The van der Waals surface area contributed by atoms with Crippen LogP contribution in [0.5, 0.6) is 0 Å². The Bertz CT molecular complexity index is 679. The van der Waals surface area contributed by atoms with Gasteiger partial charge in [-0.1, -0.05) is 44.2 Å². The van der Waals surface area contributed by atoms with Gasteiger partial charge < -0.3 is 10.6 Å². The first kappa shape index (κ1) is 21.4. The lowest BCUT2D eigenvalue weighted by Crippen LogP contribution is -2.48. The van der Waals surface area contributed by atoms with Crippen LogP contribution in [-0.4, -0.2) is 55.1 Å². The van der Waals surface area contributed by atoms with Crippen LogP contribution in [0.3, 0.4) is 0 Å². The molecule has 0 amide bonds. The molecule has 0 fully saturated rings. The number of nitrogens with zero attached hydrogens (tertiary/aromatic N) is 3. The second-order valence-electron chi connectivity index (χ2n) is 6.55. The zero-order chi connectivity index (χ0) is 19.5. The van der Waals surface area contributed by atoms with Gasteiger partial charge in [-0.25, -0.2) is 4.98 Å². The van der Waals surface area contributed by atoms with Gasteiger partial charge in [0.15, 0.2) is 5.96 Å². The summed E-state index contributed by atoms with van der Waals surface area (Å²) >= 11 is 1.70. The maximum atomic E-state index is 4.51. The van der Waals surface area contributed by atoms with Crippen LogP contribution in [0.4, 0.5) is 0 Å². The fourth-order valence-corrected chi connectivity index (χ4v) is 3.87. The van der Waals surface area contributed by atoms with Crippen LogP contribution in [0.25, 0.3) is 0 Å². The Morgan fingerprint density at radius 3 is 2.52 bits per heavy atom. The number of likely N-dealkylation sites (N-methyl/N-ethyl adjacent to an activating group) is 1. The van der Waals surface area contributed by atoms with Crippen molar-refractivity contribution in [2.24, 2.45) is 4.99 Å². The van der Waals surface area contributed by atoms with E-state index < -0.39 is 0 Å². The molecule has 0 saturated heterocycles. The Balaban J connectivity index is 1.86. The Hall–Kier alpha value is -1.92. The largest absolute Gasteiger partial charge is 0.356 e. The maximum absolute atomic E-state index is 4.51. The van der Waals surface area contributed by atoms with Crippen LogP contribution in [0.1, 0.15) is 30.1 Å². The Morgan fingerprint density at radius 2 is 1.93 bits per heavy atom. The number of hydrogen-bond acceptors (Lipinski definition) is 4. The lowest BCUT2D eigenvalue weighted by atomic mass is 10.0. The summed E-state index contributed by atoms with van der Waals surface area (Å²) in [6.07, 6.45) is 1.94. The van der Waals surface area contributed by atoms with E-state index in [2.05, 4.69) is 75.1 Å². The third-order valence-corrected chi connectivity index (χ3v) is 5.53. The number of nitrogens with one attached hydrogen (secondary N) is 2. The normalized spacial score (nSPS) is 13.0. The molecule has 0 saturated carbocycles. The molecule has 1 heterocycles. The molecule has 2 rings (SSSR count). The summed E-state index contributed by atoms with van der Waals surface area (Å²) in [5.41, 5.74) is 2.52. The summed E-state index contributed by atoms with van der Waals surface area (Å²) in [6, 6.07) is 11.1. The fraction of sp³-hybridized carbons (Fsp3) is 0.524. The highest BCUT2D eigenvalue weighted by Crippen LogP contribution is 2.09. The van der Waals surface area contributed by atoms with Gasteiger partial charge in [0.1, 0.15) is 0 Å². The highest BCUT2D eigenvalue weighted by atomic mass is 32.1. The standard InChI is InChI=1S/C21H33N5S/c1-5-26(6-2)20(14-18-10-8-7-9-11-18)15-24-21(22-4)23-13-12-19-16-27-17(3)25-19/h7-11,16,20H,5-6,12-15H2,1-4H3,(H2,22,23,24). The first-order valence-electron chi connectivity index (χ1n) is 9.79. The maximum Gasteiger partial charge on any atom is 0.191 e. The van der Waals surface area contributed by atoms with Crippen molar-refractivity contribution < 1.29 is 0 Å². The van der Waals surface area contributed by atoms with Crippen molar-refractivity contribution in [3.05, 3.63) is 52.0 Å². The van der Waals surface area contributed by atoms with Crippen LogP contribution < -0.4 is 10.6 Å². The van der Waals surface area contributed by atoms with E-state index in [9.17, 15) is 0 Å². The molecule has 148 valence electrons. The molecule has 1 unspecified atom stereocenters. The lowest BCUT2D eigenvalue weighted by molar-refractivity contribution is 0.215. The molecule has 5 nitrogen and oxygen atoms in total. The topological polar surface area (TPSA) is 52.5 Å². The monoisotopic (exact) mass is 387 g/mol. The van der Waals surface area contributed by atoms with Gasteiger partial charge in [0.05, 0.1) is 10.7 Å². The van der Waals surface area contributed by atoms with E-state index in [1.807, 2.05) is 14.0 Å². The van der Waals surface area contributed by atoms with Crippen molar-refractivity contribution in [2.75, 3.05) is 33.2 Å². The SMILES string of the molecule is CCN(CC)C(CNC(=NC)NCCc1csc(C)n1)Cc1ccccc1. The molecule has 0 aliphatic carbocycles. The smallest absolute Gasteiger partial charge is 0.191 e. The summed E-state index contributed by atoms with van der Waals surface area (Å²) < 4.78 is 0. The highest BCUT2D eigenvalue weighted by Gasteiger charge is 2.16.